The summed E-state index contributed by atoms with van der Waals surface area (Å²) in [4.78, 5) is 23.8. The van der Waals surface area contributed by atoms with Crippen molar-refractivity contribution in [2.75, 3.05) is 5.32 Å². The maximum atomic E-state index is 11.9. The minimum atomic E-state index is -0.899. The Balaban J connectivity index is 1.71. The Bertz CT molecular complexity index is 1010. The summed E-state index contributed by atoms with van der Waals surface area (Å²) in [6.45, 7) is 1.83. The molecule has 3 aromatic carbocycles. The van der Waals surface area contributed by atoms with E-state index in [9.17, 15) is 14.7 Å². The van der Waals surface area contributed by atoms with Crippen molar-refractivity contribution in [3.63, 3.8) is 0 Å². The number of phenolic OH excluding ortho intramolecular Hbond substituents is 1. The number of amides is 2. The first-order valence-electron chi connectivity index (χ1n) is 7.97. The molecule has 0 aliphatic rings. The van der Waals surface area contributed by atoms with Gasteiger partial charge in [0.2, 0.25) is 0 Å². The van der Waals surface area contributed by atoms with E-state index in [-0.39, 0.29) is 5.75 Å². The Hall–Kier alpha value is -3.67. The molecule has 2 amide bonds. The fraction of sp³-hybridized carbons (Fsp3) is 0.0500. The Labute approximate surface area is 150 Å². The number of carbonyl (C=O) groups excluding carboxylic acids is 2. The molecule has 130 valence electrons. The van der Waals surface area contributed by atoms with Crippen LogP contribution in [-0.4, -0.2) is 23.1 Å². The summed E-state index contributed by atoms with van der Waals surface area (Å²) in [5.41, 5.74) is 4.03. The summed E-state index contributed by atoms with van der Waals surface area (Å²) < 4.78 is 0. The maximum absolute atomic E-state index is 11.9. The number of hydrogen-bond donors (Lipinski definition) is 3. The lowest BCUT2D eigenvalue weighted by Crippen LogP contribution is -2.32. The quantitative estimate of drug-likeness (QED) is 0.386. The van der Waals surface area contributed by atoms with Crippen molar-refractivity contribution >= 4 is 34.5 Å². The van der Waals surface area contributed by atoms with Crippen LogP contribution < -0.4 is 10.7 Å². The molecule has 0 saturated carbocycles. The van der Waals surface area contributed by atoms with E-state index in [4.69, 9.17) is 0 Å². The van der Waals surface area contributed by atoms with Crippen molar-refractivity contribution < 1.29 is 14.7 Å². The Kier molecular flexibility index (Phi) is 4.94. The van der Waals surface area contributed by atoms with Crippen molar-refractivity contribution in [1.29, 1.82) is 0 Å². The highest BCUT2D eigenvalue weighted by Crippen LogP contribution is 2.25. The number of benzene rings is 3. The third kappa shape index (κ3) is 3.70. The van der Waals surface area contributed by atoms with Crippen LogP contribution in [0.5, 0.6) is 5.75 Å². The third-order valence-corrected chi connectivity index (χ3v) is 3.91. The van der Waals surface area contributed by atoms with Gasteiger partial charge in [0.15, 0.2) is 0 Å². The zero-order valence-electron chi connectivity index (χ0n) is 14.1. The van der Waals surface area contributed by atoms with E-state index in [1.54, 1.807) is 24.3 Å². The van der Waals surface area contributed by atoms with Gasteiger partial charge in [-0.05, 0) is 35.4 Å². The first-order valence-corrected chi connectivity index (χ1v) is 7.97. The van der Waals surface area contributed by atoms with Gasteiger partial charge in [-0.2, -0.15) is 5.10 Å². The fourth-order valence-corrected chi connectivity index (χ4v) is 2.52. The molecular weight excluding hydrogens is 330 g/mol. The van der Waals surface area contributed by atoms with Crippen molar-refractivity contribution in [1.82, 2.24) is 5.43 Å². The third-order valence-electron chi connectivity index (χ3n) is 3.91. The predicted octanol–water partition coefficient (Wildman–Crippen LogP) is 2.94. The van der Waals surface area contributed by atoms with Gasteiger partial charge in [-0.25, -0.2) is 5.43 Å². The summed E-state index contributed by atoms with van der Waals surface area (Å²) in [6.07, 6.45) is 1.32. The van der Waals surface area contributed by atoms with E-state index in [1.807, 2.05) is 43.3 Å². The molecular formula is C20H17N3O3. The van der Waals surface area contributed by atoms with Gasteiger partial charge in [0, 0.05) is 11.3 Å². The number of para-hydroxylation sites is 1. The van der Waals surface area contributed by atoms with Gasteiger partial charge in [-0.1, -0.05) is 48.5 Å². The van der Waals surface area contributed by atoms with Crippen molar-refractivity contribution in [2.24, 2.45) is 5.10 Å². The smallest absolute Gasteiger partial charge is 0.329 e. The van der Waals surface area contributed by atoms with Crippen molar-refractivity contribution in [2.45, 2.75) is 6.92 Å². The molecule has 3 N–H and O–H groups in total. The molecule has 3 rings (SSSR count). The van der Waals surface area contributed by atoms with Crippen molar-refractivity contribution in [3.8, 4) is 5.75 Å². The van der Waals surface area contributed by atoms with Crippen molar-refractivity contribution in [3.05, 3.63) is 71.8 Å². The summed E-state index contributed by atoms with van der Waals surface area (Å²) >= 11 is 0. The molecule has 0 unspecified atom stereocenters. The van der Waals surface area contributed by atoms with E-state index in [0.29, 0.717) is 11.3 Å². The largest absolute Gasteiger partial charge is 0.507 e. The van der Waals surface area contributed by atoms with Gasteiger partial charge in [-0.15, -0.1) is 0 Å². The predicted molar refractivity (Wildman–Crippen MR) is 101 cm³/mol. The standard InChI is InChI=1S/C20H17N3O3/c1-13-6-2-5-9-17(13)22-19(25)20(26)23-21-12-16-15-8-4-3-7-14(15)10-11-18(16)24/h2-12,24H,1H3,(H,22,25)(H,23,26)/b21-12+. The summed E-state index contributed by atoms with van der Waals surface area (Å²) in [6, 6.07) is 17.9. The first kappa shape index (κ1) is 17.2. The highest BCUT2D eigenvalue weighted by Gasteiger charge is 2.13. The number of fused-ring (bicyclic) bond motifs is 1. The van der Waals surface area contributed by atoms with Crippen LogP contribution in [0.4, 0.5) is 5.69 Å². The lowest BCUT2D eigenvalue weighted by molar-refractivity contribution is -0.136. The summed E-state index contributed by atoms with van der Waals surface area (Å²) in [7, 11) is 0. The zero-order valence-corrected chi connectivity index (χ0v) is 14.1. The molecule has 0 saturated heterocycles. The van der Waals surface area contributed by atoms with Crippen LogP contribution in [0.15, 0.2) is 65.8 Å². The van der Waals surface area contributed by atoms with Gasteiger partial charge in [0.25, 0.3) is 0 Å². The number of hydrazone groups is 1. The van der Waals surface area contributed by atoms with Crippen LogP contribution in [0.2, 0.25) is 0 Å². The number of hydrogen-bond acceptors (Lipinski definition) is 4. The molecule has 0 aromatic heterocycles. The summed E-state index contributed by atoms with van der Waals surface area (Å²) in [5.74, 6) is -1.69. The minimum absolute atomic E-state index is 0.0334. The lowest BCUT2D eigenvalue weighted by atomic mass is 10.0. The maximum Gasteiger partial charge on any atom is 0.329 e. The van der Waals surface area contributed by atoms with E-state index in [0.717, 1.165) is 16.3 Å². The second-order valence-corrected chi connectivity index (χ2v) is 5.69. The van der Waals surface area contributed by atoms with Crippen LogP contribution in [0.1, 0.15) is 11.1 Å². The molecule has 0 aliphatic carbocycles. The van der Waals surface area contributed by atoms with E-state index in [2.05, 4.69) is 15.8 Å². The molecule has 0 aliphatic heterocycles. The SMILES string of the molecule is Cc1ccccc1NC(=O)C(=O)N/N=C/c1c(O)ccc2ccccc12. The molecule has 0 heterocycles. The molecule has 0 spiro atoms. The van der Waals surface area contributed by atoms with Gasteiger partial charge in [0.05, 0.1) is 6.21 Å². The highest BCUT2D eigenvalue weighted by molar-refractivity contribution is 6.39. The second kappa shape index (κ2) is 7.48. The molecule has 0 atom stereocenters. The van der Waals surface area contributed by atoms with E-state index < -0.39 is 11.8 Å². The lowest BCUT2D eigenvalue weighted by Gasteiger charge is -2.07. The number of carbonyl (C=O) groups is 2. The number of phenols is 1. The number of aromatic hydroxyl groups is 1. The number of aryl methyl sites for hydroxylation is 1. The number of nitrogens with zero attached hydrogens (tertiary/aromatic N) is 1. The fourth-order valence-electron chi connectivity index (χ4n) is 2.52. The Morgan fingerprint density at radius 3 is 2.50 bits per heavy atom. The molecule has 26 heavy (non-hydrogen) atoms. The number of nitrogens with one attached hydrogen (secondary N) is 2. The average molecular weight is 347 g/mol. The molecule has 6 nitrogen and oxygen atoms in total. The van der Waals surface area contributed by atoms with Crippen LogP contribution >= 0.6 is 0 Å². The van der Waals surface area contributed by atoms with E-state index >= 15 is 0 Å². The van der Waals surface area contributed by atoms with Crippen LogP contribution in [0, 0.1) is 6.92 Å². The van der Waals surface area contributed by atoms with Gasteiger partial charge in [0.1, 0.15) is 5.75 Å². The monoisotopic (exact) mass is 347 g/mol. The topological polar surface area (TPSA) is 90.8 Å². The number of rotatable bonds is 3. The van der Waals surface area contributed by atoms with Gasteiger partial charge >= 0.3 is 11.8 Å². The Morgan fingerprint density at radius 1 is 0.962 bits per heavy atom. The molecule has 0 bridgehead atoms. The second-order valence-electron chi connectivity index (χ2n) is 5.69. The Morgan fingerprint density at radius 2 is 1.69 bits per heavy atom. The first-order chi connectivity index (χ1) is 12.6. The molecule has 6 heteroatoms. The van der Waals surface area contributed by atoms with Crippen LogP contribution in [0.25, 0.3) is 10.8 Å². The van der Waals surface area contributed by atoms with Crippen LogP contribution in [0.3, 0.4) is 0 Å². The molecule has 0 radical (unpaired) electrons. The summed E-state index contributed by atoms with van der Waals surface area (Å²) in [5, 5.41) is 18.1. The molecule has 0 fully saturated rings. The minimum Gasteiger partial charge on any atom is -0.507 e. The number of anilines is 1. The average Bonchev–Trinajstić information content (AvgIpc) is 2.65. The zero-order chi connectivity index (χ0) is 18.5. The van der Waals surface area contributed by atoms with Gasteiger partial charge in [-0.3, -0.25) is 9.59 Å². The van der Waals surface area contributed by atoms with Crippen LogP contribution in [-0.2, 0) is 9.59 Å². The highest BCUT2D eigenvalue weighted by atomic mass is 16.3. The molecule has 3 aromatic rings. The van der Waals surface area contributed by atoms with E-state index in [1.165, 1.54) is 6.21 Å². The normalized spacial score (nSPS) is 10.8. The van der Waals surface area contributed by atoms with Gasteiger partial charge < -0.3 is 10.4 Å².